The number of allylic oxidation sites excluding steroid dienone is 5. The smallest absolute Gasteiger partial charge is 0.0591 e. The highest BCUT2D eigenvalue weighted by Crippen LogP contribution is 2.62. The second-order valence-corrected chi connectivity index (χ2v) is 7.90. The fourth-order valence-electron chi connectivity index (χ4n) is 2.52. The van der Waals surface area contributed by atoms with Gasteiger partial charge in [-0.15, -0.1) is 11.8 Å². The van der Waals surface area contributed by atoms with Crippen LogP contribution in [0.2, 0.25) is 0 Å². The summed E-state index contributed by atoms with van der Waals surface area (Å²) in [6, 6.07) is 0. The Labute approximate surface area is 112 Å². The van der Waals surface area contributed by atoms with Crippen molar-refractivity contribution in [3.05, 3.63) is 54.1 Å². The van der Waals surface area contributed by atoms with E-state index in [1.165, 1.54) is 25.4 Å². The molecule has 80 valence electrons. The van der Waals surface area contributed by atoms with E-state index < -0.39 is 0 Å². The summed E-state index contributed by atoms with van der Waals surface area (Å²) in [6.07, 6.45) is 8.20. The van der Waals surface area contributed by atoms with E-state index in [0.29, 0.717) is 5.25 Å². The highest BCUT2D eigenvalue weighted by atomic mass is 79.9. The van der Waals surface area contributed by atoms with E-state index in [1.807, 2.05) is 23.5 Å². The third-order valence-corrected chi connectivity index (χ3v) is 6.35. The van der Waals surface area contributed by atoms with Crippen LogP contribution in [0.25, 0.3) is 0 Å². The van der Waals surface area contributed by atoms with Gasteiger partial charge in [0, 0.05) is 15.4 Å². The van der Waals surface area contributed by atoms with Crippen molar-refractivity contribution in [1.82, 2.24) is 0 Å². The SMILES string of the molecule is CC1=CC2SC(Br)=C(C3=C4SC4=CC3)C2=C1. The van der Waals surface area contributed by atoms with Crippen molar-refractivity contribution in [2.24, 2.45) is 0 Å². The van der Waals surface area contributed by atoms with Crippen LogP contribution in [0.1, 0.15) is 13.3 Å². The van der Waals surface area contributed by atoms with Gasteiger partial charge in [0.1, 0.15) is 0 Å². The van der Waals surface area contributed by atoms with Gasteiger partial charge in [-0.1, -0.05) is 35.6 Å². The molecular weight excluding hydrogens is 300 g/mol. The summed E-state index contributed by atoms with van der Waals surface area (Å²) in [5.74, 6) is 0. The van der Waals surface area contributed by atoms with E-state index in [9.17, 15) is 0 Å². The Morgan fingerprint density at radius 3 is 3.00 bits per heavy atom. The first kappa shape index (κ1) is 9.86. The number of hydrogen-bond donors (Lipinski definition) is 0. The third kappa shape index (κ3) is 1.25. The van der Waals surface area contributed by atoms with E-state index in [4.69, 9.17) is 0 Å². The monoisotopic (exact) mass is 308 g/mol. The number of hydrogen-bond acceptors (Lipinski definition) is 2. The minimum Gasteiger partial charge on any atom is -0.106 e. The molecule has 0 aromatic carbocycles. The first-order valence-corrected chi connectivity index (χ1v) is 7.81. The Morgan fingerprint density at radius 1 is 1.44 bits per heavy atom. The molecule has 4 rings (SSSR count). The van der Waals surface area contributed by atoms with Crippen molar-refractivity contribution < 1.29 is 0 Å². The second kappa shape index (κ2) is 3.21. The molecule has 2 heterocycles. The predicted molar refractivity (Wildman–Crippen MR) is 76.5 cm³/mol. The van der Waals surface area contributed by atoms with Crippen molar-refractivity contribution in [1.29, 1.82) is 0 Å². The molecule has 0 bridgehead atoms. The molecule has 0 spiro atoms. The first-order valence-electron chi connectivity index (χ1n) is 5.33. The predicted octanol–water partition coefficient (Wildman–Crippen LogP) is 4.88. The van der Waals surface area contributed by atoms with Crippen molar-refractivity contribution in [2.75, 3.05) is 0 Å². The van der Waals surface area contributed by atoms with Crippen LogP contribution in [0.4, 0.5) is 0 Å². The molecule has 0 saturated carbocycles. The third-order valence-electron chi connectivity index (χ3n) is 3.28. The van der Waals surface area contributed by atoms with Crippen molar-refractivity contribution >= 4 is 39.5 Å². The molecule has 1 fully saturated rings. The van der Waals surface area contributed by atoms with Crippen molar-refractivity contribution in [2.45, 2.75) is 18.6 Å². The topological polar surface area (TPSA) is 0 Å². The quantitative estimate of drug-likeness (QED) is 0.633. The summed E-state index contributed by atoms with van der Waals surface area (Å²) in [7, 11) is 0. The molecule has 16 heavy (non-hydrogen) atoms. The molecule has 0 aromatic rings. The van der Waals surface area contributed by atoms with Gasteiger partial charge in [-0.05, 0) is 40.4 Å². The van der Waals surface area contributed by atoms with Gasteiger partial charge in [0.2, 0.25) is 0 Å². The van der Waals surface area contributed by atoms with E-state index in [0.717, 1.165) is 6.42 Å². The highest BCUT2D eigenvalue weighted by Gasteiger charge is 2.39. The summed E-state index contributed by atoms with van der Waals surface area (Å²) in [6.45, 7) is 2.19. The maximum absolute atomic E-state index is 3.74. The Kier molecular flexibility index (Phi) is 1.98. The average Bonchev–Trinajstić information content (AvgIpc) is 2.62. The zero-order chi connectivity index (χ0) is 10.9. The van der Waals surface area contributed by atoms with E-state index in [2.05, 4.69) is 41.1 Å². The lowest BCUT2D eigenvalue weighted by Gasteiger charge is -2.07. The molecule has 1 unspecified atom stereocenters. The molecule has 1 atom stereocenters. The number of rotatable bonds is 1. The zero-order valence-electron chi connectivity index (χ0n) is 8.71. The van der Waals surface area contributed by atoms with Crippen LogP contribution in [0.5, 0.6) is 0 Å². The van der Waals surface area contributed by atoms with Crippen LogP contribution < -0.4 is 0 Å². The van der Waals surface area contributed by atoms with Crippen LogP contribution in [-0.4, -0.2) is 5.25 Å². The molecule has 2 aliphatic heterocycles. The molecule has 0 amide bonds. The lowest BCUT2D eigenvalue weighted by atomic mass is 9.98. The van der Waals surface area contributed by atoms with E-state index in [1.54, 1.807) is 10.5 Å². The summed E-state index contributed by atoms with van der Waals surface area (Å²) in [5.41, 5.74) is 5.95. The van der Waals surface area contributed by atoms with Crippen LogP contribution >= 0.6 is 39.5 Å². The van der Waals surface area contributed by atoms with Crippen LogP contribution in [0.3, 0.4) is 0 Å². The maximum atomic E-state index is 3.74. The van der Waals surface area contributed by atoms with Crippen LogP contribution in [0, 0.1) is 0 Å². The molecule has 3 heteroatoms. The summed E-state index contributed by atoms with van der Waals surface area (Å²) < 4.78 is 1.33. The molecule has 4 aliphatic rings. The fourth-order valence-corrected chi connectivity index (χ4v) is 5.63. The minimum atomic E-state index is 0.560. The maximum Gasteiger partial charge on any atom is 0.0591 e. The van der Waals surface area contributed by atoms with Gasteiger partial charge in [0.15, 0.2) is 0 Å². The molecule has 0 aromatic heterocycles. The van der Waals surface area contributed by atoms with Gasteiger partial charge in [0.25, 0.3) is 0 Å². The first-order chi connectivity index (χ1) is 7.74. The normalized spacial score (nSPS) is 30.4. The summed E-state index contributed by atoms with van der Waals surface area (Å²) in [4.78, 5) is 3.05. The van der Waals surface area contributed by atoms with E-state index >= 15 is 0 Å². The molecule has 0 N–H and O–H groups in total. The van der Waals surface area contributed by atoms with Gasteiger partial charge in [-0.3, -0.25) is 0 Å². The van der Waals surface area contributed by atoms with Gasteiger partial charge in [-0.25, -0.2) is 0 Å². The number of halogens is 1. The fraction of sp³-hybridized carbons (Fsp3) is 0.231. The zero-order valence-corrected chi connectivity index (χ0v) is 11.9. The lowest BCUT2D eigenvalue weighted by molar-refractivity contribution is 1.22. The molecule has 0 radical (unpaired) electrons. The highest BCUT2D eigenvalue weighted by molar-refractivity contribution is 9.14. The van der Waals surface area contributed by atoms with Crippen LogP contribution in [0.15, 0.2) is 54.1 Å². The Bertz CT molecular complexity index is 573. The summed E-state index contributed by atoms with van der Waals surface area (Å²) in [5, 5.41) is 0.560. The van der Waals surface area contributed by atoms with E-state index in [-0.39, 0.29) is 0 Å². The Balaban J connectivity index is 1.82. The second-order valence-electron chi connectivity index (χ2n) is 4.38. The molecule has 2 aliphatic carbocycles. The van der Waals surface area contributed by atoms with Gasteiger partial charge >= 0.3 is 0 Å². The van der Waals surface area contributed by atoms with Gasteiger partial charge in [0.05, 0.1) is 9.06 Å². The van der Waals surface area contributed by atoms with Gasteiger partial charge < -0.3 is 0 Å². The average molecular weight is 309 g/mol. The molecule has 0 nitrogen and oxygen atoms in total. The van der Waals surface area contributed by atoms with Crippen molar-refractivity contribution in [3.8, 4) is 0 Å². The molecular formula is C13H9BrS2. The number of thioether (sulfide) groups is 2. The molecule has 1 saturated heterocycles. The number of fused-ring (bicyclic) bond motifs is 2. The summed E-state index contributed by atoms with van der Waals surface area (Å²) >= 11 is 7.62. The standard InChI is InChI=1S/C13H9BrS2/c1-6-4-8-10(5-6)16-13(14)11(8)7-2-3-9-12(7)15-9/h3-5,10H,2H2,1H3. The Hall–Kier alpha value is -0.120. The van der Waals surface area contributed by atoms with Crippen LogP contribution in [-0.2, 0) is 0 Å². The minimum absolute atomic E-state index is 0.560. The van der Waals surface area contributed by atoms with Crippen molar-refractivity contribution in [3.63, 3.8) is 0 Å². The van der Waals surface area contributed by atoms with Gasteiger partial charge in [-0.2, -0.15) is 0 Å². The lowest BCUT2D eigenvalue weighted by Crippen LogP contribution is -1.97. The largest absolute Gasteiger partial charge is 0.106 e. The Morgan fingerprint density at radius 2 is 2.31 bits per heavy atom.